The summed E-state index contributed by atoms with van der Waals surface area (Å²) in [6, 6.07) is 0. The number of unbranched alkanes of at least 4 members (excludes halogenated alkanes) is 3. The van der Waals surface area contributed by atoms with Gasteiger partial charge < -0.3 is 10.4 Å². The van der Waals surface area contributed by atoms with Gasteiger partial charge in [-0.1, -0.05) is 32.6 Å². The quantitative estimate of drug-likeness (QED) is 0.459. The number of amides is 1. The fraction of sp³-hybridized carbons (Fsp3) is 0.714. The summed E-state index contributed by atoms with van der Waals surface area (Å²) in [6.07, 6.45) is 10.0. The summed E-state index contributed by atoms with van der Waals surface area (Å²) in [7, 11) is 0. The molecule has 0 radical (unpaired) electrons. The second-order valence-corrected chi connectivity index (χ2v) is 8.76. The number of nitrogens with zero attached hydrogens (tertiary/aromatic N) is 1. The number of aryl methyl sites for hydroxylation is 1. The number of Topliss-reactive ketones (excluding diaryl/α,β-unsaturated/α-hetero) is 1. The second-order valence-electron chi connectivity index (χ2n) is 7.68. The summed E-state index contributed by atoms with van der Waals surface area (Å²) in [5, 5.41) is 12.1. The number of carbonyl (C=O) groups excluding carboxylic acids is 2. The Morgan fingerprint density at radius 1 is 1.11 bits per heavy atom. The monoisotopic (exact) mass is 408 g/mol. The van der Waals surface area contributed by atoms with E-state index in [4.69, 9.17) is 5.11 Å². The highest BCUT2D eigenvalue weighted by Crippen LogP contribution is 2.34. The van der Waals surface area contributed by atoms with Crippen LogP contribution in [0.5, 0.6) is 0 Å². The highest BCUT2D eigenvalue weighted by atomic mass is 32.1. The molecule has 0 saturated carbocycles. The normalized spacial score (nSPS) is 15.8. The molecule has 156 valence electrons. The highest BCUT2D eigenvalue weighted by Gasteiger charge is 2.22. The van der Waals surface area contributed by atoms with Crippen molar-refractivity contribution in [1.29, 1.82) is 0 Å². The molecule has 0 aliphatic heterocycles. The van der Waals surface area contributed by atoms with E-state index in [1.54, 1.807) is 11.3 Å². The first-order valence-corrected chi connectivity index (χ1v) is 11.3. The number of rotatable bonds is 13. The minimum absolute atomic E-state index is 0.0580. The van der Waals surface area contributed by atoms with E-state index >= 15 is 0 Å². The Balaban J connectivity index is 1.66. The van der Waals surface area contributed by atoms with Gasteiger partial charge in [-0.25, -0.2) is 4.98 Å². The van der Waals surface area contributed by atoms with Crippen molar-refractivity contribution in [2.75, 3.05) is 5.32 Å². The van der Waals surface area contributed by atoms with Crippen LogP contribution in [0.3, 0.4) is 0 Å². The van der Waals surface area contributed by atoms with Crippen molar-refractivity contribution in [2.45, 2.75) is 90.4 Å². The molecule has 0 fully saturated rings. The number of nitrogens with one attached hydrogen (secondary N) is 1. The lowest BCUT2D eigenvalue weighted by atomic mass is 9.87. The van der Waals surface area contributed by atoms with Crippen molar-refractivity contribution in [2.24, 2.45) is 5.92 Å². The first kappa shape index (κ1) is 22.5. The second kappa shape index (κ2) is 11.9. The number of carboxylic acids is 1. The van der Waals surface area contributed by atoms with Crippen molar-refractivity contribution >= 4 is 34.1 Å². The molecule has 0 spiro atoms. The summed E-state index contributed by atoms with van der Waals surface area (Å²) < 4.78 is 0. The van der Waals surface area contributed by atoms with Gasteiger partial charge in [0.1, 0.15) is 5.78 Å². The number of hydrogen-bond donors (Lipinski definition) is 2. The Kier molecular flexibility index (Phi) is 9.61. The van der Waals surface area contributed by atoms with Crippen LogP contribution in [-0.2, 0) is 27.2 Å². The standard InChI is InChI=1S/C21H32N2O4S/c1-2-3-7-15-10-12-17-18(14-15)28-21(22-17)23-19(25)13-11-16(24)8-5-4-6-9-20(26)27/h15H,2-14H2,1H3,(H,26,27)(H,22,23,25)/t15-/m0/s1. The van der Waals surface area contributed by atoms with Crippen LogP contribution >= 0.6 is 11.3 Å². The maximum absolute atomic E-state index is 12.1. The van der Waals surface area contributed by atoms with Crippen molar-refractivity contribution < 1.29 is 19.5 Å². The van der Waals surface area contributed by atoms with E-state index < -0.39 is 5.97 Å². The summed E-state index contributed by atoms with van der Waals surface area (Å²) >= 11 is 1.58. The van der Waals surface area contributed by atoms with Crippen molar-refractivity contribution in [3.63, 3.8) is 0 Å². The first-order chi connectivity index (χ1) is 13.5. The summed E-state index contributed by atoms with van der Waals surface area (Å²) in [5.74, 6) is -0.163. The zero-order valence-corrected chi connectivity index (χ0v) is 17.6. The number of aromatic nitrogens is 1. The Labute approximate surface area is 171 Å². The maximum atomic E-state index is 12.1. The third-order valence-corrected chi connectivity index (χ3v) is 6.27. The molecule has 1 heterocycles. The lowest BCUT2D eigenvalue weighted by Crippen LogP contribution is -2.14. The molecule has 1 aromatic heterocycles. The highest BCUT2D eigenvalue weighted by molar-refractivity contribution is 7.15. The molecule has 1 aliphatic carbocycles. The number of hydrogen-bond acceptors (Lipinski definition) is 5. The third-order valence-electron chi connectivity index (χ3n) is 5.23. The van der Waals surface area contributed by atoms with Crippen LogP contribution in [0.1, 0.15) is 88.1 Å². The Bertz CT molecular complexity index is 671. The number of ketones is 1. The largest absolute Gasteiger partial charge is 0.481 e. The molecule has 6 nitrogen and oxygen atoms in total. The molecule has 0 bridgehead atoms. The average Bonchev–Trinajstić information content (AvgIpc) is 3.05. The van der Waals surface area contributed by atoms with Crippen LogP contribution in [0.25, 0.3) is 0 Å². The molecule has 1 atom stereocenters. The van der Waals surface area contributed by atoms with Crippen LogP contribution in [0.2, 0.25) is 0 Å². The van der Waals surface area contributed by atoms with Crippen molar-refractivity contribution in [3.8, 4) is 0 Å². The van der Waals surface area contributed by atoms with Gasteiger partial charge in [0.2, 0.25) is 5.91 Å². The lowest BCUT2D eigenvalue weighted by molar-refractivity contribution is -0.137. The van der Waals surface area contributed by atoms with Gasteiger partial charge in [0.15, 0.2) is 5.13 Å². The van der Waals surface area contributed by atoms with E-state index in [9.17, 15) is 14.4 Å². The fourth-order valence-corrected chi connectivity index (χ4v) is 4.71. The number of thiazole rings is 1. The smallest absolute Gasteiger partial charge is 0.303 e. The first-order valence-electron chi connectivity index (χ1n) is 10.5. The molecule has 1 aromatic rings. The van der Waals surface area contributed by atoms with Crippen LogP contribution in [-0.4, -0.2) is 27.8 Å². The molecule has 1 aliphatic rings. The summed E-state index contributed by atoms with van der Waals surface area (Å²) in [6.45, 7) is 2.22. The predicted octanol–water partition coefficient (Wildman–Crippen LogP) is 4.76. The van der Waals surface area contributed by atoms with Crippen LogP contribution in [0.15, 0.2) is 0 Å². The molecule has 0 unspecified atom stereocenters. The van der Waals surface area contributed by atoms with Gasteiger partial charge in [-0.3, -0.25) is 14.4 Å². The molecular weight excluding hydrogens is 376 g/mol. The van der Waals surface area contributed by atoms with Crippen LogP contribution in [0.4, 0.5) is 5.13 Å². The average molecular weight is 409 g/mol. The van der Waals surface area contributed by atoms with Gasteiger partial charge in [-0.05, 0) is 38.0 Å². The van der Waals surface area contributed by atoms with E-state index in [2.05, 4.69) is 17.2 Å². The van der Waals surface area contributed by atoms with E-state index in [1.165, 1.54) is 30.6 Å². The van der Waals surface area contributed by atoms with E-state index in [0.717, 1.165) is 30.9 Å². The minimum Gasteiger partial charge on any atom is -0.481 e. The SMILES string of the molecule is CCCC[C@H]1CCc2nc(NC(=O)CCC(=O)CCCCCC(=O)O)sc2C1. The predicted molar refractivity (Wildman–Crippen MR) is 111 cm³/mol. The van der Waals surface area contributed by atoms with Gasteiger partial charge in [-0.15, -0.1) is 11.3 Å². The van der Waals surface area contributed by atoms with Crippen molar-refractivity contribution in [3.05, 3.63) is 10.6 Å². The molecule has 0 saturated heterocycles. The zero-order valence-electron chi connectivity index (χ0n) is 16.8. The molecule has 28 heavy (non-hydrogen) atoms. The molecule has 2 rings (SSSR count). The van der Waals surface area contributed by atoms with E-state index in [1.807, 2.05) is 0 Å². The number of carboxylic acid groups (broad SMARTS) is 1. The van der Waals surface area contributed by atoms with Gasteiger partial charge in [-0.2, -0.15) is 0 Å². The third kappa shape index (κ3) is 8.09. The Morgan fingerprint density at radius 2 is 1.89 bits per heavy atom. The minimum atomic E-state index is -0.802. The van der Waals surface area contributed by atoms with Gasteiger partial charge >= 0.3 is 5.97 Å². The molecule has 7 heteroatoms. The van der Waals surface area contributed by atoms with Gasteiger partial charge in [0.05, 0.1) is 5.69 Å². The number of aliphatic carboxylic acids is 1. The zero-order chi connectivity index (χ0) is 20.4. The maximum Gasteiger partial charge on any atom is 0.303 e. The molecule has 2 N–H and O–H groups in total. The number of anilines is 1. The van der Waals surface area contributed by atoms with E-state index in [-0.39, 0.29) is 31.0 Å². The topological polar surface area (TPSA) is 96.4 Å². The lowest BCUT2D eigenvalue weighted by Gasteiger charge is -2.20. The Morgan fingerprint density at radius 3 is 2.64 bits per heavy atom. The van der Waals surface area contributed by atoms with Crippen molar-refractivity contribution in [1.82, 2.24) is 4.98 Å². The number of fused-ring (bicyclic) bond motifs is 1. The molecular formula is C21H32N2O4S. The molecule has 1 amide bonds. The van der Waals surface area contributed by atoms with Gasteiger partial charge in [0.25, 0.3) is 0 Å². The number of carbonyl (C=O) groups is 3. The summed E-state index contributed by atoms with van der Waals surface area (Å²) in [4.78, 5) is 40.3. The summed E-state index contributed by atoms with van der Waals surface area (Å²) in [5.41, 5.74) is 1.13. The van der Waals surface area contributed by atoms with E-state index in [0.29, 0.717) is 24.4 Å². The van der Waals surface area contributed by atoms with Crippen LogP contribution in [0, 0.1) is 5.92 Å². The van der Waals surface area contributed by atoms with Gasteiger partial charge in [0, 0.05) is 30.6 Å². The fourth-order valence-electron chi connectivity index (χ4n) is 3.57. The Hall–Kier alpha value is -1.76. The molecule has 0 aromatic carbocycles. The van der Waals surface area contributed by atoms with Crippen LogP contribution < -0.4 is 5.32 Å².